The van der Waals surface area contributed by atoms with Crippen molar-refractivity contribution in [1.82, 2.24) is 34.9 Å². The number of amides is 1. The third kappa shape index (κ3) is 4.31. The van der Waals surface area contributed by atoms with Gasteiger partial charge in [0.2, 0.25) is 5.95 Å². The number of nitrogens with one attached hydrogen (secondary N) is 2. The molecular weight excluding hydrogens is 494 g/mol. The number of rotatable bonds is 4. The third-order valence-electron chi connectivity index (χ3n) is 5.63. The summed E-state index contributed by atoms with van der Waals surface area (Å²) in [5, 5.41) is 14.8. The Morgan fingerprint density at radius 2 is 1.85 bits per heavy atom. The predicted molar refractivity (Wildman–Crippen MR) is 118 cm³/mol. The van der Waals surface area contributed by atoms with Crippen LogP contribution in [0.25, 0.3) is 22.2 Å². The van der Waals surface area contributed by atoms with E-state index in [9.17, 15) is 4.79 Å². The van der Waals surface area contributed by atoms with E-state index in [4.69, 9.17) is 0 Å². The SMILES string of the molecule is O=C1NCc2cc(-c3cnc(Nc4cnc(N5CC[N-]CC5)nc4)c4ncnn34)ccc21.[Rb+]. The molecule has 1 saturated heterocycles. The van der Waals surface area contributed by atoms with Gasteiger partial charge in [-0.2, -0.15) is 5.10 Å². The van der Waals surface area contributed by atoms with Crippen LogP contribution in [0, 0.1) is 0 Å². The van der Waals surface area contributed by atoms with E-state index in [0.29, 0.717) is 35.2 Å². The first-order valence-electron chi connectivity index (χ1n) is 10.3. The molecule has 1 fully saturated rings. The van der Waals surface area contributed by atoms with Gasteiger partial charge in [0.25, 0.3) is 5.91 Å². The van der Waals surface area contributed by atoms with Gasteiger partial charge in [-0.3, -0.25) is 4.79 Å². The molecule has 6 rings (SSSR count). The van der Waals surface area contributed by atoms with E-state index < -0.39 is 0 Å². The van der Waals surface area contributed by atoms with Crippen molar-refractivity contribution in [2.24, 2.45) is 0 Å². The van der Waals surface area contributed by atoms with E-state index in [1.54, 1.807) is 23.1 Å². The van der Waals surface area contributed by atoms with E-state index >= 15 is 0 Å². The number of carbonyl (C=O) groups is 1. The standard InChI is InChI=1S/C21H19N10O.Rb/c32-20-16-2-1-13(7-14(16)8-24-20)17-11-23-18(19-27-12-28-31(17)19)29-15-9-25-21(26-10-15)30-5-3-22-4-6-30;/h1-2,7,9-12H,3-6,8H2,(H,23,29)(H,24,32);/q-1;+1. The van der Waals surface area contributed by atoms with Gasteiger partial charge < -0.3 is 20.9 Å². The van der Waals surface area contributed by atoms with Gasteiger partial charge in [0.1, 0.15) is 6.33 Å². The average Bonchev–Trinajstić information content (AvgIpc) is 3.48. The Balaban J connectivity index is 0.00000228. The summed E-state index contributed by atoms with van der Waals surface area (Å²) in [6.45, 7) is 3.81. The minimum atomic E-state index is -0.0429. The van der Waals surface area contributed by atoms with Crippen LogP contribution >= 0.6 is 0 Å². The summed E-state index contributed by atoms with van der Waals surface area (Å²) in [6.07, 6.45) is 6.70. The van der Waals surface area contributed by atoms with Gasteiger partial charge in [0.05, 0.1) is 30.0 Å². The summed E-state index contributed by atoms with van der Waals surface area (Å²) in [5.74, 6) is 1.21. The number of aromatic nitrogens is 6. The van der Waals surface area contributed by atoms with Crippen molar-refractivity contribution in [3.05, 3.63) is 59.6 Å². The van der Waals surface area contributed by atoms with Crippen molar-refractivity contribution in [2.45, 2.75) is 6.54 Å². The summed E-state index contributed by atoms with van der Waals surface area (Å²) in [6, 6.07) is 5.71. The minimum absolute atomic E-state index is 0. The minimum Gasteiger partial charge on any atom is -0.659 e. The van der Waals surface area contributed by atoms with Crippen LogP contribution in [0.15, 0.2) is 43.1 Å². The van der Waals surface area contributed by atoms with Crippen molar-refractivity contribution in [3.8, 4) is 11.3 Å². The van der Waals surface area contributed by atoms with Crippen LogP contribution < -0.4 is 73.7 Å². The summed E-state index contributed by atoms with van der Waals surface area (Å²) in [7, 11) is 0. The number of fused-ring (bicyclic) bond motifs is 2. The third-order valence-corrected chi connectivity index (χ3v) is 5.63. The summed E-state index contributed by atoms with van der Waals surface area (Å²) in [5.41, 5.74) is 4.66. The van der Waals surface area contributed by atoms with Crippen molar-refractivity contribution < 1.29 is 63.0 Å². The number of piperazine rings is 1. The molecule has 0 spiro atoms. The van der Waals surface area contributed by atoms with Crippen LogP contribution in [0.1, 0.15) is 15.9 Å². The van der Waals surface area contributed by atoms with Crippen molar-refractivity contribution in [1.29, 1.82) is 0 Å². The first-order chi connectivity index (χ1) is 15.8. The van der Waals surface area contributed by atoms with Gasteiger partial charge in [-0.05, 0) is 17.7 Å². The molecule has 0 atom stereocenters. The fourth-order valence-corrected chi connectivity index (χ4v) is 3.99. The molecule has 0 bridgehead atoms. The molecule has 2 aliphatic heterocycles. The molecule has 160 valence electrons. The molecule has 33 heavy (non-hydrogen) atoms. The van der Waals surface area contributed by atoms with E-state index in [1.807, 2.05) is 18.2 Å². The second-order valence-corrected chi connectivity index (χ2v) is 7.60. The summed E-state index contributed by atoms with van der Waals surface area (Å²) < 4.78 is 1.73. The molecule has 0 saturated carbocycles. The Morgan fingerprint density at radius 3 is 2.67 bits per heavy atom. The smallest absolute Gasteiger partial charge is 0.659 e. The number of anilines is 3. The number of hydrogen-bond acceptors (Lipinski definition) is 8. The molecule has 1 aromatic carbocycles. The topological polar surface area (TPSA) is 127 Å². The van der Waals surface area contributed by atoms with Crippen LogP contribution in [0.2, 0.25) is 0 Å². The van der Waals surface area contributed by atoms with Gasteiger partial charge >= 0.3 is 58.2 Å². The van der Waals surface area contributed by atoms with Gasteiger partial charge in [-0.25, -0.2) is 24.5 Å². The van der Waals surface area contributed by atoms with Gasteiger partial charge in [-0.15, -0.1) is 13.1 Å². The Kier molecular flexibility index (Phi) is 6.48. The van der Waals surface area contributed by atoms with Gasteiger partial charge in [0.15, 0.2) is 11.5 Å². The average molecular weight is 513 g/mol. The molecule has 1 amide bonds. The fraction of sp³-hybridized carbons (Fsp3) is 0.238. The Bertz CT molecular complexity index is 1320. The summed E-state index contributed by atoms with van der Waals surface area (Å²) >= 11 is 0. The molecule has 3 aromatic heterocycles. The number of carbonyl (C=O) groups excluding carboxylic acids is 1. The van der Waals surface area contributed by atoms with Crippen LogP contribution in [0.3, 0.4) is 0 Å². The van der Waals surface area contributed by atoms with E-state index in [1.165, 1.54) is 6.33 Å². The molecule has 5 heterocycles. The van der Waals surface area contributed by atoms with Crippen molar-refractivity contribution >= 4 is 29.0 Å². The number of hydrogen-bond donors (Lipinski definition) is 2. The molecule has 11 nitrogen and oxygen atoms in total. The molecule has 4 aromatic rings. The maximum atomic E-state index is 11.8. The molecular formula is C21H19N10ORb. The molecule has 0 radical (unpaired) electrons. The zero-order chi connectivity index (χ0) is 21.5. The largest absolute Gasteiger partial charge is 1.00 e. The number of nitrogens with zero attached hydrogens (tertiary/aromatic N) is 8. The first-order valence-corrected chi connectivity index (χ1v) is 10.3. The Morgan fingerprint density at radius 1 is 1.03 bits per heavy atom. The molecule has 0 unspecified atom stereocenters. The van der Waals surface area contributed by atoms with Crippen molar-refractivity contribution in [3.63, 3.8) is 0 Å². The van der Waals surface area contributed by atoms with Gasteiger partial charge in [-0.1, -0.05) is 6.07 Å². The van der Waals surface area contributed by atoms with Crippen LogP contribution in [-0.2, 0) is 6.54 Å². The zero-order valence-corrected chi connectivity index (χ0v) is 23.0. The van der Waals surface area contributed by atoms with E-state index in [2.05, 4.69) is 45.9 Å². The summed E-state index contributed by atoms with van der Waals surface area (Å²) in [4.78, 5) is 31.9. The second-order valence-electron chi connectivity index (χ2n) is 7.60. The van der Waals surface area contributed by atoms with Crippen LogP contribution in [-0.4, -0.2) is 61.6 Å². The quantitative estimate of drug-likeness (QED) is 0.348. The Hall–Kier alpha value is -2.31. The zero-order valence-electron chi connectivity index (χ0n) is 18.1. The second kappa shape index (κ2) is 9.51. The Labute approximate surface area is 238 Å². The fourth-order valence-electron chi connectivity index (χ4n) is 3.99. The van der Waals surface area contributed by atoms with Crippen LogP contribution in [0.4, 0.5) is 17.5 Å². The van der Waals surface area contributed by atoms with E-state index in [0.717, 1.165) is 43.0 Å². The maximum Gasteiger partial charge on any atom is 1.00 e. The molecule has 0 aliphatic carbocycles. The normalized spacial score (nSPS) is 15.2. The molecule has 2 N–H and O–H groups in total. The van der Waals surface area contributed by atoms with Crippen LogP contribution in [0.5, 0.6) is 0 Å². The maximum absolute atomic E-state index is 11.8. The monoisotopic (exact) mass is 512 g/mol. The first kappa shape index (κ1) is 22.5. The molecule has 12 heteroatoms. The molecule has 2 aliphatic rings. The predicted octanol–water partition coefficient (Wildman–Crippen LogP) is -1.23. The van der Waals surface area contributed by atoms with E-state index in [-0.39, 0.29) is 64.1 Å². The van der Waals surface area contributed by atoms with Gasteiger partial charge in [0, 0.05) is 30.8 Å². The van der Waals surface area contributed by atoms with Crippen molar-refractivity contribution in [2.75, 3.05) is 36.4 Å². The number of benzene rings is 1.